The number of esters is 1. The van der Waals surface area contributed by atoms with E-state index in [2.05, 4.69) is 19.8 Å². The number of anilines is 1. The van der Waals surface area contributed by atoms with E-state index in [9.17, 15) is 18.0 Å². The molecule has 0 amide bonds. The molecular weight excluding hydrogens is 420 g/mol. The number of carbonyl (C=O) groups excluding carboxylic acids is 1. The van der Waals surface area contributed by atoms with Crippen molar-refractivity contribution in [1.29, 1.82) is 0 Å². The Morgan fingerprint density at radius 3 is 2.50 bits per heavy atom. The molecule has 1 saturated heterocycles. The minimum Gasteiger partial charge on any atom is -0.419 e. The molecule has 0 saturated carbocycles. The molecular formula is C17H17Cl2F3N4O2. The highest BCUT2D eigenvalue weighted by molar-refractivity contribution is 6.42. The first-order chi connectivity index (χ1) is 13.2. The van der Waals surface area contributed by atoms with Gasteiger partial charge in [0.15, 0.2) is 0 Å². The van der Waals surface area contributed by atoms with Gasteiger partial charge in [0.2, 0.25) is 0 Å². The Morgan fingerprint density at radius 1 is 1.29 bits per heavy atom. The number of rotatable bonds is 4. The van der Waals surface area contributed by atoms with Gasteiger partial charge in [0.05, 0.1) is 21.9 Å². The number of aromatic amines is 1. The topological polar surface area (TPSA) is 84.2 Å². The third-order valence-corrected chi connectivity index (χ3v) is 5.46. The third kappa shape index (κ3) is 4.53. The number of piperidine rings is 1. The van der Waals surface area contributed by atoms with Crippen LogP contribution in [0.1, 0.15) is 24.4 Å². The second kappa shape index (κ2) is 8.18. The lowest BCUT2D eigenvalue weighted by Crippen LogP contribution is -2.37. The average molecular weight is 437 g/mol. The van der Waals surface area contributed by atoms with Gasteiger partial charge in [-0.25, -0.2) is 4.79 Å². The van der Waals surface area contributed by atoms with Gasteiger partial charge in [0, 0.05) is 37.0 Å². The standard InChI is InChI=1S/C17H17Cl2F3N4O2/c18-12-5-11(14(6-13(12)19)28-16(27)17(20,21)22)15(23)9-1-3-26(4-2-9)10-7-24-25-8-10/h5-9,15H,1-4,23H2,(H,24,25)/t15-/m1/s1. The number of H-pyrrole nitrogens is 1. The van der Waals surface area contributed by atoms with Crippen LogP contribution in [0.15, 0.2) is 24.5 Å². The largest absolute Gasteiger partial charge is 0.491 e. The molecule has 152 valence electrons. The van der Waals surface area contributed by atoms with Crippen molar-refractivity contribution in [3.8, 4) is 5.75 Å². The van der Waals surface area contributed by atoms with Crippen LogP contribution in [0.4, 0.5) is 18.9 Å². The Bertz CT molecular complexity index is 838. The molecule has 3 N–H and O–H groups in total. The van der Waals surface area contributed by atoms with Gasteiger partial charge in [-0.2, -0.15) is 18.3 Å². The molecule has 3 rings (SSSR count). The number of carbonyl (C=O) groups is 1. The molecule has 2 aromatic rings. The molecule has 2 heterocycles. The van der Waals surface area contributed by atoms with Crippen molar-refractivity contribution >= 4 is 34.9 Å². The van der Waals surface area contributed by atoms with Crippen molar-refractivity contribution in [3.63, 3.8) is 0 Å². The van der Waals surface area contributed by atoms with Gasteiger partial charge in [0.1, 0.15) is 5.75 Å². The highest BCUT2D eigenvalue weighted by atomic mass is 35.5. The Kier molecular flexibility index (Phi) is 6.07. The predicted octanol–water partition coefficient (Wildman–Crippen LogP) is 4.10. The van der Waals surface area contributed by atoms with E-state index >= 15 is 0 Å². The molecule has 0 unspecified atom stereocenters. The molecule has 0 spiro atoms. The first kappa shape index (κ1) is 20.8. The van der Waals surface area contributed by atoms with E-state index < -0.39 is 18.2 Å². The monoisotopic (exact) mass is 436 g/mol. The number of nitrogens with zero attached hydrogens (tertiary/aromatic N) is 2. The fourth-order valence-electron chi connectivity index (χ4n) is 3.24. The lowest BCUT2D eigenvalue weighted by atomic mass is 9.85. The molecule has 28 heavy (non-hydrogen) atoms. The first-order valence-electron chi connectivity index (χ1n) is 8.44. The molecule has 1 aliphatic rings. The van der Waals surface area contributed by atoms with Gasteiger partial charge in [-0.15, -0.1) is 0 Å². The Morgan fingerprint density at radius 2 is 1.93 bits per heavy atom. The molecule has 1 atom stereocenters. The van der Waals surface area contributed by atoms with Crippen LogP contribution in [0, 0.1) is 5.92 Å². The second-order valence-electron chi connectivity index (χ2n) is 6.50. The van der Waals surface area contributed by atoms with E-state index in [1.54, 1.807) is 12.4 Å². The fraction of sp³-hybridized carbons (Fsp3) is 0.412. The zero-order chi connectivity index (χ0) is 20.5. The highest BCUT2D eigenvalue weighted by Gasteiger charge is 2.42. The number of hydrogen-bond donors (Lipinski definition) is 2. The average Bonchev–Trinajstić information content (AvgIpc) is 3.18. The van der Waals surface area contributed by atoms with Crippen LogP contribution < -0.4 is 15.4 Å². The number of alkyl halides is 3. The van der Waals surface area contributed by atoms with Crippen molar-refractivity contribution in [1.82, 2.24) is 10.2 Å². The maximum Gasteiger partial charge on any atom is 0.491 e. The summed E-state index contributed by atoms with van der Waals surface area (Å²) in [5.41, 5.74) is 7.50. The molecule has 1 aromatic heterocycles. The van der Waals surface area contributed by atoms with Gasteiger partial charge in [-0.3, -0.25) is 5.10 Å². The van der Waals surface area contributed by atoms with E-state index in [0.29, 0.717) is 25.9 Å². The molecule has 1 fully saturated rings. The number of nitrogens with one attached hydrogen (secondary N) is 1. The van der Waals surface area contributed by atoms with E-state index in [0.717, 1.165) is 11.8 Å². The van der Waals surface area contributed by atoms with Crippen LogP contribution in [0.3, 0.4) is 0 Å². The van der Waals surface area contributed by atoms with Crippen molar-refractivity contribution < 1.29 is 22.7 Å². The summed E-state index contributed by atoms with van der Waals surface area (Å²) in [6.45, 7) is 1.41. The molecule has 0 bridgehead atoms. The lowest BCUT2D eigenvalue weighted by molar-refractivity contribution is -0.189. The van der Waals surface area contributed by atoms with Crippen LogP contribution in [0.2, 0.25) is 10.0 Å². The molecule has 1 aromatic carbocycles. The first-order valence-corrected chi connectivity index (χ1v) is 9.19. The summed E-state index contributed by atoms with van der Waals surface area (Å²) >= 11 is 11.9. The van der Waals surface area contributed by atoms with E-state index in [1.807, 2.05) is 0 Å². The quantitative estimate of drug-likeness (QED) is 0.556. The Hall–Kier alpha value is -1.97. The fourth-order valence-corrected chi connectivity index (χ4v) is 3.56. The summed E-state index contributed by atoms with van der Waals surface area (Å²) < 4.78 is 42.3. The van der Waals surface area contributed by atoms with Crippen LogP contribution >= 0.6 is 23.2 Å². The smallest absolute Gasteiger partial charge is 0.419 e. The highest BCUT2D eigenvalue weighted by Crippen LogP contribution is 2.39. The molecule has 0 aliphatic carbocycles. The van der Waals surface area contributed by atoms with Crippen molar-refractivity contribution in [2.75, 3.05) is 18.0 Å². The molecule has 1 aliphatic heterocycles. The number of nitrogens with two attached hydrogens (primary N) is 1. The van der Waals surface area contributed by atoms with Crippen molar-refractivity contribution in [2.24, 2.45) is 11.7 Å². The minimum atomic E-state index is -5.14. The summed E-state index contributed by atoms with van der Waals surface area (Å²) in [5.74, 6) is -2.71. The molecule has 11 heteroatoms. The van der Waals surface area contributed by atoms with E-state index in [-0.39, 0.29) is 27.3 Å². The van der Waals surface area contributed by atoms with Crippen LogP contribution in [-0.2, 0) is 4.79 Å². The Balaban J connectivity index is 1.78. The number of ether oxygens (including phenoxy) is 1. The summed E-state index contributed by atoms with van der Waals surface area (Å²) in [4.78, 5) is 13.4. The van der Waals surface area contributed by atoms with Crippen molar-refractivity contribution in [3.05, 3.63) is 40.1 Å². The van der Waals surface area contributed by atoms with Gasteiger partial charge >= 0.3 is 12.1 Å². The normalized spacial score (nSPS) is 16.9. The maximum atomic E-state index is 12.6. The number of hydrogen-bond acceptors (Lipinski definition) is 5. The summed E-state index contributed by atoms with van der Waals surface area (Å²) in [5, 5.41) is 6.76. The maximum absolute atomic E-state index is 12.6. The minimum absolute atomic E-state index is 0.0302. The van der Waals surface area contributed by atoms with Gasteiger partial charge in [0.25, 0.3) is 0 Å². The molecule has 6 nitrogen and oxygen atoms in total. The second-order valence-corrected chi connectivity index (χ2v) is 7.31. The third-order valence-electron chi connectivity index (χ3n) is 4.74. The predicted molar refractivity (Wildman–Crippen MR) is 98.6 cm³/mol. The van der Waals surface area contributed by atoms with Crippen LogP contribution in [0.25, 0.3) is 0 Å². The zero-order valence-electron chi connectivity index (χ0n) is 14.5. The van der Waals surface area contributed by atoms with Gasteiger partial charge < -0.3 is 15.4 Å². The van der Waals surface area contributed by atoms with Crippen LogP contribution in [0.5, 0.6) is 5.75 Å². The zero-order valence-corrected chi connectivity index (χ0v) is 16.0. The van der Waals surface area contributed by atoms with Gasteiger partial charge in [-0.1, -0.05) is 23.2 Å². The van der Waals surface area contributed by atoms with E-state index in [1.165, 1.54) is 6.07 Å². The summed E-state index contributed by atoms with van der Waals surface area (Å²) in [6, 6.07) is 1.77. The SMILES string of the molecule is N[C@@H](c1cc(Cl)c(Cl)cc1OC(=O)C(F)(F)F)C1CCN(c2cn[nH]c2)CC1. The Labute approximate surface area is 168 Å². The van der Waals surface area contributed by atoms with Crippen molar-refractivity contribution in [2.45, 2.75) is 25.1 Å². The molecule has 0 radical (unpaired) electrons. The number of aromatic nitrogens is 2. The summed E-state index contributed by atoms with van der Waals surface area (Å²) in [6.07, 6.45) is -0.246. The lowest BCUT2D eigenvalue weighted by Gasteiger charge is -2.35. The van der Waals surface area contributed by atoms with E-state index in [4.69, 9.17) is 28.9 Å². The number of benzene rings is 1. The van der Waals surface area contributed by atoms with Gasteiger partial charge in [-0.05, 0) is 24.8 Å². The number of halogens is 5. The summed E-state index contributed by atoms with van der Waals surface area (Å²) in [7, 11) is 0. The van der Waals surface area contributed by atoms with Crippen LogP contribution in [-0.4, -0.2) is 35.4 Å².